The second kappa shape index (κ2) is 8.24. The third-order valence-corrected chi connectivity index (χ3v) is 3.36. The van der Waals surface area contributed by atoms with E-state index in [4.69, 9.17) is 4.74 Å². The highest BCUT2D eigenvalue weighted by Crippen LogP contribution is 2.22. The molecule has 0 unspecified atom stereocenters. The number of carbonyl (C=O) groups excluding carboxylic acids is 1. The van der Waals surface area contributed by atoms with Gasteiger partial charge in [0, 0.05) is 16.6 Å². The molecule has 0 radical (unpaired) electrons. The highest BCUT2D eigenvalue weighted by Gasteiger charge is 2.01. The summed E-state index contributed by atoms with van der Waals surface area (Å²) < 4.78 is 5.96. The highest BCUT2D eigenvalue weighted by atomic mass is 79.9. The van der Waals surface area contributed by atoms with Crippen LogP contribution in [0.25, 0.3) is 6.08 Å². The summed E-state index contributed by atoms with van der Waals surface area (Å²) in [7, 11) is 0. The van der Waals surface area contributed by atoms with Crippen molar-refractivity contribution in [3.63, 3.8) is 0 Å². The summed E-state index contributed by atoms with van der Waals surface area (Å²) in [5, 5.41) is 12.3. The average Bonchev–Trinajstić information content (AvgIpc) is 2.53. The fourth-order valence-corrected chi connectivity index (χ4v) is 2.14. The van der Waals surface area contributed by atoms with Crippen LogP contribution in [0.2, 0.25) is 0 Å². The third-order valence-electron chi connectivity index (χ3n) is 2.86. The van der Waals surface area contributed by atoms with Crippen molar-refractivity contribution >= 4 is 28.1 Å². The van der Waals surface area contributed by atoms with Gasteiger partial charge in [0.05, 0.1) is 0 Å². The third kappa shape index (κ3) is 5.26. The van der Waals surface area contributed by atoms with Crippen molar-refractivity contribution < 1.29 is 14.6 Å². The van der Waals surface area contributed by atoms with Crippen LogP contribution in [0.4, 0.5) is 4.79 Å². The van der Waals surface area contributed by atoms with E-state index < -0.39 is 6.09 Å². The van der Waals surface area contributed by atoms with Crippen LogP contribution in [0, 0.1) is 0 Å². The Bertz CT molecular complexity index is 656. The minimum absolute atomic E-state index is 0.186. The molecule has 2 aromatic rings. The van der Waals surface area contributed by atoms with E-state index in [0.29, 0.717) is 12.1 Å². The molecule has 2 N–H and O–H groups in total. The number of phenolic OH excluding ortho intramolecular Hbond substituents is 1. The van der Waals surface area contributed by atoms with E-state index in [2.05, 4.69) is 21.2 Å². The number of amides is 1. The SMILES string of the molecule is O=C(NCC=Cc1cc(Br)ccc1O)OCc1ccccc1. The van der Waals surface area contributed by atoms with Crippen molar-refractivity contribution in [3.05, 3.63) is 70.2 Å². The van der Waals surface area contributed by atoms with Gasteiger partial charge in [-0.25, -0.2) is 4.79 Å². The Balaban J connectivity index is 1.75. The first kappa shape index (κ1) is 16.1. The summed E-state index contributed by atoms with van der Waals surface area (Å²) in [6.07, 6.45) is 3.00. The predicted molar refractivity (Wildman–Crippen MR) is 89.5 cm³/mol. The zero-order valence-corrected chi connectivity index (χ0v) is 13.4. The summed E-state index contributed by atoms with van der Waals surface area (Å²) in [6.45, 7) is 0.558. The fraction of sp³-hybridized carbons (Fsp3) is 0.118. The monoisotopic (exact) mass is 361 g/mol. The Labute approximate surface area is 137 Å². The molecule has 0 atom stereocenters. The molecule has 2 aromatic carbocycles. The molecule has 0 fully saturated rings. The van der Waals surface area contributed by atoms with Crippen molar-refractivity contribution in [1.29, 1.82) is 0 Å². The number of carbonyl (C=O) groups is 1. The Kier molecular flexibility index (Phi) is 6.03. The average molecular weight is 362 g/mol. The van der Waals surface area contributed by atoms with E-state index in [0.717, 1.165) is 10.0 Å². The number of nitrogens with one attached hydrogen (secondary N) is 1. The lowest BCUT2D eigenvalue weighted by atomic mass is 10.2. The van der Waals surface area contributed by atoms with E-state index in [1.807, 2.05) is 30.3 Å². The lowest BCUT2D eigenvalue weighted by molar-refractivity contribution is 0.141. The van der Waals surface area contributed by atoms with E-state index in [1.165, 1.54) is 0 Å². The first-order valence-corrected chi connectivity index (χ1v) is 7.54. The van der Waals surface area contributed by atoms with E-state index in [-0.39, 0.29) is 12.4 Å². The van der Waals surface area contributed by atoms with Crippen LogP contribution in [0.3, 0.4) is 0 Å². The van der Waals surface area contributed by atoms with Gasteiger partial charge < -0.3 is 15.2 Å². The van der Waals surface area contributed by atoms with Crippen LogP contribution in [-0.2, 0) is 11.3 Å². The number of hydrogen-bond acceptors (Lipinski definition) is 3. The molecule has 4 nitrogen and oxygen atoms in total. The van der Waals surface area contributed by atoms with Crippen molar-refractivity contribution in [3.8, 4) is 5.75 Å². The van der Waals surface area contributed by atoms with Gasteiger partial charge in [0.1, 0.15) is 12.4 Å². The molecule has 0 saturated heterocycles. The van der Waals surface area contributed by atoms with Crippen molar-refractivity contribution in [2.45, 2.75) is 6.61 Å². The number of aromatic hydroxyl groups is 1. The van der Waals surface area contributed by atoms with Crippen LogP contribution in [0.15, 0.2) is 59.1 Å². The second-order valence-electron chi connectivity index (χ2n) is 4.55. The summed E-state index contributed by atoms with van der Waals surface area (Å²) in [5.41, 5.74) is 1.61. The van der Waals surface area contributed by atoms with E-state index in [9.17, 15) is 9.90 Å². The van der Waals surface area contributed by atoms with Crippen LogP contribution in [0.1, 0.15) is 11.1 Å². The van der Waals surface area contributed by atoms with Gasteiger partial charge in [-0.2, -0.15) is 0 Å². The minimum Gasteiger partial charge on any atom is -0.507 e. The van der Waals surface area contributed by atoms with Crippen LogP contribution < -0.4 is 5.32 Å². The first-order valence-electron chi connectivity index (χ1n) is 6.75. The van der Waals surface area contributed by atoms with Gasteiger partial charge in [0.2, 0.25) is 0 Å². The molecule has 0 saturated carbocycles. The largest absolute Gasteiger partial charge is 0.507 e. The maximum absolute atomic E-state index is 11.5. The minimum atomic E-state index is -0.480. The van der Waals surface area contributed by atoms with Crippen molar-refractivity contribution in [2.75, 3.05) is 6.54 Å². The van der Waals surface area contributed by atoms with Crippen molar-refractivity contribution in [2.24, 2.45) is 0 Å². The first-order chi connectivity index (χ1) is 10.6. The molecule has 22 heavy (non-hydrogen) atoms. The molecule has 1 amide bonds. The maximum Gasteiger partial charge on any atom is 0.407 e. The molecule has 0 aromatic heterocycles. The molecule has 0 aliphatic heterocycles. The molecule has 0 heterocycles. The Morgan fingerprint density at radius 3 is 2.77 bits per heavy atom. The normalized spacial score (nSPS) is 10.6. The number of rotatable bonds is 5. The Hall–Kier alpha value is -2.27. The number of ether oxygens (including phenoxy) is 1. The molecule has 0 spiro atoms. The van der Waals surface area contributed by atoms with Crippen LogP contribution >= 0.6 is 15.9 Å². The van der Waals surface area contributed by atoms with Gasteiger partial charge in [-0.3, -0.25) is 0 Å². The quantitative estimate of drug-likeness (QED) is 0.842. The van der Waals surface area contributed by atoms with Gasteiger partial charge in [-0.15, -0.1) is 0 Å². The Morgan fingerprint density at radius 2 is 2.00 bits per heavy atom. The number of benzene rings is 2. The van der Waals surface area contributed by atoms with Crippen LogP contribution in [0.5, 0.6) is 5.75 Å². The summed E-state index contributed by atoms with van der Waals surface area (Å²) in [6, 6.07) is 14.6. The molecule has 0 aliphatic rings. The van der Waals surface area contributed by atoms with Crippen molar-refractivity contribution in [1.82, 2.24) is 5.32 Å². The topological polar surface area (TPSA) is 58.6 Å². The lowest BCUT2D eigenvalue weighted by Crippen LogP contribution is -2.24. The zero-order chi connectivity index (χ0) is 15.8. The summed E-state index contributed by atoms with van der Waals surface area (Å²) >= 11 is 3.34. The second-order valence-corrected chi connectivity index (χ2v) is 5.46. The number of halogens is 1. The van der Waals surface area contributed by atoms with Gasteiger partial charge in [-0.1, -0.05) is 58.4 Å². The molecule has 2 rings (SSSR count). The molecular weight excluding hydrogens is 346 g/mol. The summed E-state index contributed by atoms with van der Waals surface area (Å²) in [4.78, 5) is 11.5. The van der Waals surface area contributed by atoms with E-state index in [1.54, 1.807) is 30.4 Å². The van der Waals surface area contributed by atoms with Gasteiger partial charge in [0.15, 0.2) is 0 Å². The number of hydrogen-bond donors (Lipinski definition) is 2. The Morgan fingerprint density at radius 1 is 1.23 bits per heavy atom. The van der Waals surface area contributed by atoms with E-state index >= 15 is 0 Å². The zero-order valence-electron chi connectivity index (χ0n) is 11.8. The molecule has 114 valence electrons. The number of phenols is 1. The van der Waals surface area contributed by atoms with Gasteiger partial charge in [0.25, 0.3) is 0 Å². The molecule has 5 heteroatoms. The lowest BCUT2D eigenvalue weighted by Gasteiger charge is -2.05. The fourth-order valence-electron chi connectivity index (χ4n) is 1.76. The highest BCUT2D eigenvalue weighted by molar-refractivity contribution is 9.10. The smallest absolute Gasteiger partial charge is 0.407 e. The van der Waals surface area contributed by atoms with Crippen LogP contribution in [-0.4, -0.2) is 17.7 Å². The predicted octanol–water partition coefficient (Wildman–Crippen LogP) is 4.09. The molecule has 0 aliphatic carbocycles. The molecular formula is C17H16BrNO3. The molecule has 0 bridgehead atoms. The van der Waals surface area contributed by atoms with Gasteiger partial charge >= 0.3 is 6.09 Å². The maximum atomic E-state index is 11.5. The summed E-state index contributed by atoms with van der Waals surface area (Å²) in [5.74, 6) is 0.186. The van der Waals surface area contributed by atoms with Gasteiger partial charge in [-0.05, 0) is 23.8 Å². The standard InChI is InChI=1S/C17H16BrNO3/c18-15-8-9-16(20)14(11-15)7-4-10-19-17(21)22-12-13-5-2-1-3-6-13/h1-9,11,20H,10,12H2,(H,19,21). The number of alkyl carbamates (subject to hydrolysis) is 1.